The Morgan fingerprint density at radius 3 is 2.79 bits per heavy atom. The van der Waals surface area contributed by atoms with E-state index in [2.05, 4.69) is 9.71 Å². The van der Waals surface area contributed by atoms with E-state index in [9.17, 15) is 13.5 Å². The van der Waals surface area contributed by atoms with Crippen LogP contribution in [0, 0.1) is 0 Å². The molecule has 0 atom stereocenters. The number of aromatic nitrogens is 1. The fourth-order valence-corrected chi connectivity index (χ4v) is 3.89. The molecule has 8 heteroatoms. The number of phenolic OH excluding ortho intramolecular Hbond substituents is 1. The Bertz CT molecular complexity index is 839. The number of hydrogen-bond donors (Lipinski definition) is 2. The summed E-state index contributed by atoms with van der Waals surface area (Å²) in [6, 6.07) is 10.6. The molecule has 24 heavy (non-hydrogen) atoms. The Morgan fingerprint density at radius 1 is 1.29 bits per heavy atom. The lowest BCUT2D eigenvalue weighted by atomic mass is 10.1. The van der Waals surface area contributed by atoms with E-state index in [0.29, 0.717) is 37.5 Å². The lowest BCUT2D eigenvalue weighted by Gasteiger charge is -2.17. The number of hydrogen-bond acceptors (Lipinski definition) is 5. The monoisotopic (exact) mass is 349 g/mol. The highest BCUT2D eigenvalue weighted by Gasteiger charge is 2.29. The Balaban J connectivity index is 1.73. The number of nitrogens with zero attached hydrogens (tertiary/aromatic N) is 2. The van der Waals surface area contributed by atoms with Gasteiger partial charge in [-0.3, -0.25) is 4.31 Å². The molecule has 0 spiro atoms. The zero-order chi connectivity index (χ0) is 17.2. The van der Waals surface area contributed by atoms with Gasteiger partial charge in [-0.25, -0.2) is 4.98 Å². The molecule has 0 saturated carbocycles. The van der Waals surface area contributed by atoms with Crippen molar-refractivity contribution in [1.29, 1.82) is 0 Å². The average molecular weight is 349 g/mol. The molecule has 0 unspecified atom stereocenters. The molecule has 0 amide bonds. The number of rotatable bonds is 5. The third-order valence-corrected chi connectivity index (χ3v) is 5.39. The summed E-state index contributed by atoms with van der Waals surface area (Å²) in [7, 11) is -1.97. The predicted octanol–water partition coefficient (Wildman–Crippen LogP) is 1.24. The molecule has 2 N–H and O–H groups in total. The fourth-order valence-electron chi connectivity index (χ4n) is 2.64. The highest BCUT2D eigenvalue weighted by molar-refractivity contribution is 7.91. The first kappa shape index (κ1) is 16.5. The summed E-state index contributed by atoms with van der Waals surface area (Å²) >= 11 is 0. The minimum Gasteiger partial charge on any atom is -0.506 e. The van der Waals surface area contributed by atoms with Gasteiger partial charge in [0.15, 0.2) is 0 Å². The van der Waals surface area contributed by atoms with Crippen LogP contribution in [0.5, 0.6) is 11.6 Å². The van der Waals surface area contributed by atoms with Gasteiger partial charge in [-0.2, -0.15) is 13.1 Å². The van der Waals surface area contributed by atoms with Gasteiger partial charge in [-0.05, 0) is 36.6 Å². The van der Waals surface area contributed by atoms with Crippen molar-refractivity contribution in [2.45, 2.75) is 12.8 Å². The molecule has 0 bridgehead atoms. The first-order valence-electron chi connectivity index (χ1n) is 7.59. The van der Waals surface area contributed by atoms with E-state index >= 15 is 0 Å². The van der Waals surface area contributed by atoms with E-state index in [1.807, 2.05) is 18.2 Å². The second kappa shape index (κ2) is 6.66. The topological polar surface area (TPSA) is 91.8 Å². The standard InChI is InChI=1S/C16H19N3O4S/c1-23-16-4-2-3-13(18-16)7-5-12-6-8-14(15(20)11-12)19-10-9-17-24(19,21)22/h2-4,6,8,11,17,20H,5,7,9-10H2,1H3. The van der Waals surface area contributed by atoms with Gasteiger partial charge in [0.2, 0.25) is 5.88 Å². The second-order valence-corrected chi connectivity index (χ2v) is 7.15. The van der Waals surface area contributed by atoms with E-state index in [4.69, 9.17) is 4.74 Å². The van der Waals surface area contributed by atoms with Crippen LogP contribution in [0.3, 0.4) is 0 Å². The van der Waals surface area contributed by atoms with Gasteiger partial charge in [0, 0.05) is 24.8 Å². The number of nitrogens with one attached hydrogen (secondary N) is 1. The zero-order valence-corrected chi connectivity index (χ0v) is 14.1. The Kier molecular flexibility index (Phi) is 4.59. The molecule has 128 valence electrons. The van der Waals surface area contributed by atoms with Crippen molar-refractivity contribution in [3.63, 3.8) is 0 Å². The van der Waals surface area contributed by atoms with Crippen molar-refractivity contribution in [3.05, 3.63) is 47.7 Å². The van der Waals surface area contributed by atoms with E-state index < -0.39 is 10.2 Å². The smallest absolute Gasteiger partial charge is 0.301 e. The zero-order valence-electron chi connectivity index (χ0n) is 13.3. The lowest BCUT2D eigenvalue weighted by Crippen LogP contribution is -2.29. The van der Waals surface area contributed by atoms with Gasteiger partial charge < -0.3 is 9.84 Å². The van der Waals surface area contributed by atoms with Crippen molar-refractivity contribution in [3.8, 4) is 11.6 Å². The first-order chi connectivity index (χ1) is 11.5. The van der Waals surface area contributed by atoms with Crippen LogP contribution in [-0.2, 0) is 23.1 Å². The lowest BCUT2D eigenvalue weighted by molar-refractivity contribution is 0.396. The molecule has 7 nitrogen and oxygen atoms in total. The van der Waals surface area contributed by atoms with Crippen LogP contribution >= 0.6 is 0 Å². The number of aryl methyl sites for hydroxylation is 2. The van der Waals surface area contributed by atoms with Gasteiger partial charge in [-0.15, -0.1) is 0 Å². The maximum atomic E-state index is 11.9. The summed E-state index contributed by atoms with van der Waals surface area (Å²) in [6.07, 6.45) is 1.37. The molecule has 1 aliphatic heterocycles. The van der Waals surface area contributed by atoms with Crippen molar-refractivity contribution in [2.75, 3.05) is 24.5 Å². The molecule has 3 rings (SSSR count). The van der Waals surface area contributed by atoms with Gasteiger partial charge in [0.1, 0.15) is 5.75 Å². The van der Waals surface area contributed by atoms with Crippen molar-refractivity contribution in [2.24, 2.45) is 0 Å². The molecule has 1 aliphatic rings. The van der Waals surface area contributed by atoms with Gasteiger partial charge in [0.25, 0.3) is 0 Å². The second-order valence-electron chi connectivity index (χ2n) is 5.47. The molecule has 1 aromatic carbocycles. The highest BCUT2D eigenvalue weighted by Crippen LogP contribution is 2.31. The summed E-state index contributed by atoms with van der Waals surface area (Å²) < 4.78 is 32.4. The molecule has 2 aromatic rings. The number of benzene rings is 1. The molecule has 1 fully saturated rings. The molecular formula is C16H19N3O4S. The highest BCUT2D eigenvalue weighted by atomic mass is 32.2. The number of phenols is 1. The minimum atomic E-state index is -3.54. The van der Waals surface area contributed by atoms with Gasteiger partial charge in [-0.1, -0.05) is 12.1 Å². The molecule has 0 aliphatic carbocycles. The molecule has 1 aromatic heterocycles. The summed E-state index contributed by atoms with van der Waals surface area (Å²) in [4.78, 5) is 4.35. The van der Waals surface area contributed by atoms with Gasteiger partial charge >= 0.3 is 10.2 Å². The number of ether oxygens (including phenoxy) is 1. The average Bonchev–Trinajstić information content (AvgIpc) is 2.92. The predicted molar refractivity (Wildman–Crippen MR) is 90.6 cm³/mol. The summed E-state index contributed by atoms with van der Waals surface area (Å²) in [5.74, 6) is 0.524. The van der Waals surface area contributed by atoms with Crippen molar-refractivity contribution < 1.29 is 18.3 Å². The SMILES string of the molecule is COc1cccc(CCc2ccc(N3CCNS3(=O)=O)c(O)c2)n1. The van der Waals surface area contributed by atoms with E-state index in [-0.39, 0.29) is 5.75 Å². The van der Waals surface area contributed by atoms with Gasteiger partial charge in [0.05, 0.1) is 12.8 Å². The number of anilines is 1. The fraction of sp³-hybridized carbons (Fsp3) is 0.312. The largest absolute Gasteiger partial charge is 0.506 e. The van der Waals surface area contributed by atoms with Crippen LogP contribution in [0.15, 0.2) is 36.4 Å². The van der Waals surface area contributed by atoms with E-state index in [1.54, 1.807) is 25.3 Å². The van der Waals surface area contributed by atoms with E-state index in [0.717, 1.165) is 11.3 Å². The summed E-state index contributed by atoms with van der Waals surface area (Å²) in [5.41, 5.74) is 2.10. The molecule has 2 heterocycles. The maximum Gasteiger partial charge on any atom is 0.301 e. The van der Waals surface area contributed by atoms with E-state index in [1.165, 1.54) is 4.31 Å². The van der Waals surface area contributed by atoms with Crippen LogP contribution in [0.2, 0.25) is 0 Å². The number of pyridine rings is 1. The van der Waals surface area contributed by atoms with Crippen molar-refractivity contribution >= 4 is 15.9 Å². The Morgan fingerprint density at radius 2 is 2.12 bits per heavy atom. The maximum absolute atomic E-state index is 11.9. The Hall–Kier alpha value is -2.32. The number of aromatic hydroxyl groups is 1. The molecule has 0 radical (unpaired) electrons. The van der Waals surface area contributed by atoms with Crippen molar-refractivity contribution in [1.82, 2.24) is 9.71 Å². The van der Waals surface area contributed by atoms with Crippen LogP contribution in [0.1, 0.15) is 11.3 Å². The third kappa shape index (κ3) is 3.44. The quantitative estimate of drug-likeness (QED) is 0.847. The minimum absolute atomic E-state index is 0.0432. The normalized spacial score (nSPS) is 16.3. The third-order valence-electron chi connectivity index (χ3n) is 3.86. The molecule has 1 saturated heterocycles. The number of methoxy groups -OCH3 is 1. The van der Waals surface area contributed by atoms with Crippen LogP contribution in [0.4, 0.5) is 5.69 Å². The summed E-state index contributed by atoms with van der Waals surface area (Å²) in [5, 5.41) is 10.2. The molecular weight excluding hydrogens is 330 g/mol. The van der Waals surface area contributed by atoms with Crippen LogP contribution in [0.25, 0.3) is 0 Å². The van der Waals surface area contributed by atoms with Crippen LogP contribution < -0.4 is 13.8 Å². The summed E-state index contributed by atoms with van der Waals surface area (Å²) in [6.45, 7) is 0.647. The first-order valence-corrected chi connectivity index (χ1v) is 9.03. The Labute approximate surface area is 141 Å². The van der Waals surface area contributed by atoms with Crippen LogP contribution in [-0.4, -0.2) is 38.7 Å².